The van der Waals surface area contributed by atoms with Crippen LogP contribution in [0.1, 0.15) is 26.7 Å². The summed E-state index contributed by atoms with van der Waals surface area (Å²) in [5, 5.41) is 12.2. The quantitative estimate of drug-likeness (QED) is 0.715. The third-order valence-electron chi connectivity index (χ3n) is 3.37. The molecule has 0 bridgehead atoms. The summed E-state index contributed by atoms with van der Waals surface area (Å²) in [5.41, 5.74) is 0. The van der Waals surface area contributed by atoms with Crippen LogP contribution in [0.3, 0.4) is 0 Å². The maximum Gasteiger partial charge on any atom is 0.0585 e. The Morgan fingerprint density at radius 1 is 1.33 bits per heavy atom. The Bertz CT molecular complexity index is 161. The number of hydrogen-bond donors (Lipinski definition) is 2. The van der Waals surface area contributed by atoms with Gasteiger partial charge >= 0.3 is 0 Å². The number of aliphatic hydroxyl groups is 1. The Morgan fingerprint density at radius 3 is 2.40 bits per heavy atom. The summed E-state index contributed by atoms with van der Waals surface area (Å²) >= 11 is 0. The van der Waals surface area contributed by atoms with Crippen LogP contribution in [0.4, 0.5) is 0 Å². The molecule has 1 aliphatic heterocycles. The fraction of sp³-hybridized carbons (Fsp3) is 1.00. The first-order valence-electron chi connectivity index (χ1n) is 6.16. The molecule has 0 aromatic rings. The number of aliphatic hydroxyl groups excluding tert-OH is 1. The van der Waals surface area contributed by atoms with E-state index in [0.29, 0.717) is 0 Å². The van der Waals surface area contributed by atoms with Gasteiger partial charge < -0.3 is 15.3 Å². The first-order valence-corrected chi connectivity index (χ1v) is 6.16. The van der Waals surface area contributed by atoms with Crippen LogP contribution in [0.2, 0.25) is 0 Å². The minimum atomic E-state index is 0.245. The van der Waals surface area contributed by atoms with Crippen molar-refractivity contribution >= 4 is 0 Å². The van der Waals surface area contributed by atoms with Crippen molar-refractivity contribution in [2.75, 3.05) is 33.3 Å². The minimum absolute atomic E-state index is 0.245. The Kier molecular flexibility index (Phi) is 5.58. The number of hydrogen-bond acceptors (Lipinski definition) is 3. The molecule has 1 heterocycles. The Morgan fingerprint density at radius 2 is 1.93 bits per heavy atom. The van der Waals surface area contributed by atoms with E-state index in [-0.39, 0.29) is 12.6 Å². The molecule has 1 saturated heterocycles. The second-order valence-corrected chi connectivity index (χ2v) is 5.16. The maximum atomic E-state index is 9.08. The van der Waals surface area contributed by atoms with E-state index in [1.807, 2.05) is 7.05 Å². The molecule has 3 unspecified atom stereocenters. The molecule has 1 rings (SSSR count). The second-order valence-electron chi connectivity index (χ2n) is 5.16. The average Bonchev–Trinajstić information content (AvgIpc) is 2.18. The molecule has 2 N–H and O–H groups in total. The van der Waals surface area contributed by atoms with E-state index < -0.39 is 0 Å². The van der Waals surface area contributed by atoms with Crippen LogP contribution >= 0.6 is 0 Å². The highest BCUT2D eigenvalue weighted by Gasteiger charge is 2.21. The minimum Gasteiger partial charge on any atom is -0.395 e. The molecular formula is C12H26N2O. The summed E-state index contributed by atoms with van der Waals surface area (Å²) in [5.74, 6) is 1.66. The van der Waals surface area contributed by atoms with Crippen molar-refractivity contribution < 1.29 is 5.11 Å². The first kappa shape index (κ1) is 12.9. The van der Waals surface area contributed by atoms with Gasteiger partial charge in [-0.05, 0) is 38.3 Å². The summed E-state index contributed by atoms with van der Waals surface area (Å²) < 4.78 is 0. The number of nitrogens with one attached hydrogen (secondary N) is 1. The number of piperidine rings is 1. The van der Waals surface area contributed by atoms with E-state index >= 15 is 0 Å². The smallest absolute Gasteiger partial charge is 0.0585 e. The first-order chi connectivity index (χ1) is 7.15. The van der Waals surface area contributed by atoms with Crippen molar-refractivity contribution in [2.45, 2.75) is 32.7 Å². The van der Waals surface area contributed by atoms with Crippen LogP contribution in [0.25, 0.3) is 0 Å². The largest absolute Gasteiger partial charge is 0.395 e. The van der Waals surface area contributed by atoms with Crippen molar-refractivity contribution in [3.8, 4) is 0 Å². The molecule has 0 aromatic heterocycles. The predicted octanol–water partition coefficient (Wildman–Crippen LogP) is 0.935. The summed E-state index contributed by atoms with van der Waals surface area (Å²) in [6.07, 6.45) is 2.42. The standard InChI is InChI=1S/C12H26N2O/c1-10-6-11(2)8-14(7-10)5-4-12(9-15)13-3/h10-13,15H,4-9H2,1-3H3. The van der Waals surface area contributed by atoms with Gasteiger partial charge in [-0.25, -0.2) is 0 Å². The molecular weight excluding hydrogens is 188 g/mol. The number of likely N-dealkylation sites (tertiary alicyclic amines) is 1. The lowest BCUT2D eigenvalue weighted by molar-refractivity contribution is 0.129. The molecule has 0 aliphatic carbocycles. The van der Waals surface area contributed by atoms with Gasteiger partial charge in [-0.1, -0.05) is 13.8 Å². The molecule has 0 aromatic carbocycles. The molecule has 3 nitrogen and oxygen atoms in total. The highest BCUT2D eigenvalue weighted by atomic mass is 16.3. The van der Waals surface area contributed by atoms with Crippen molar-refractivity contribution in [1.82, 2.24) is 10.2 Å². The average molecular weight is 214 g/mol. The van der Waals surface area contributed by atoms with Crippen molar-refractivity contribution in [1.29, 1.82) is 0 Å². The maximum absolute atomic E-state index is 9.08. The van der Waals surface area contributed by atoms with Gasteiger partial charge in [-0.2, -0.15) is 0 Å². The number of rotatable bonds is 5. The van der Waals surface area contributed by atoms with Gasteiger partial charge in [0.25, 0.3) is 0 Å². The van der Waals surface area contributed by atoms with Crippen LogP contribution in [0.15, 0.2) is 0 Å². The zero-order chi connectivity index (χ0) is 11.3. The molecule has 3 atom stereocenters. The zero-order valence-corrected chi connectivity index (χ0v) is 10.4. The van der Waals surface area contributed by atoms with E-state index in [4.69, 9.17) is 5.11 Å². The van der Waals surface area contributed by atoms with Gasteiger partial charge in [0, 0.05) is 19.1 Å². The lowest BCUT2D eigenvalue weighted by Gasteiger charge is -2.35. The summed E-state index contributed by atoms with van der Waals surface area (Å²) in [6, 6.07) is 0.262. The van der Waals surface area contributed by atoms with Gasteiger partial charge in [0.05, 0.1) is 6.61 Å². The normalized spacial score (nSPS) is 30.4. The number of likely N-dealkylation sites (N-methyl/N-ethyl adjacent to an activating group) is 1. The highest BCUT2D eigenvalue weighted by Crippen LogP contribution is 2.20. The second kappa shape index (κ2) is 6.46. The van der Waals surface area contributed by atoms with E-state index in [9.17, 15) is 0 Å². The van der Waals surface area contributed by atoms with E-state index in [2.05, 4.69) is 24.1 Å². The molecule has 0 saturated carbocycles. The third kappa shape index (κ3) is 4.49. The molecule has 0 amide bonds. The van der Waals surface area contributed by atoms with Gasteiger partial charge in [0.2, 0.25) is 0 Å². The SMILES string of the molecule is CNC(CO)CCN1CC(C)CC(C)C1. The van der Waals surface area contributed by atoms with E-state index in [1.165, 1.54) is 19.5 Å². The van der Waals surface area contributed by atoms with Gasteiger partial charge in [0.15, 0.2) is 0 Å². The highest BCUT2D eigenvalue weighted by molar-refractivity contribution is 4.76. The third-order valence-corrected chi connectivity index (χ3v) is 3.37. The molecule has 1 aliphatic rings. The van der Waals surface area contributed by atoms with E-state index in [1.54, 1.807) is 0 Å². The Hall–Kier alpha value is -0.120. The van der Waals surface area contributed by atoms with Gasteiger partial charge in [0.1, 0.15) is 0 Å². The van der Waals surface area contributed by atoms with Crippen molar-refractivity contribution in [3.63, 3.8) is 0 Å². The fourth-order valence-electron chi connectivity index (χ4n) is 2.64. The van der Waals surface area contributed by atoms with Crippen LogP contribution in [-0.2, 0) is 0 Å². The van der Waals surface area contributed by atoms with Gasteiger partial charge in [-0.15, -0.1) is 0 Å². The molecule has 0 spiro atoms. The van der Waals surface area contributed by atoms with Crippen molar-refractivity contribution in [2.24, 2.45) is 11.8 Å². The van der Waals surface area contributed by atoms with Crippen LogP contribution in [0.5, 0.6) is 0 Å². The molecule has 0 radical (unpaired) electrons. The van der Waals surface area contributed by atoms with Crippen LogP contribution in [0, 0.1) is 11.8 Å². The molecule has 3 heteroatoms. The lowest BCUT2D eigenvalue weighted by atomic mass is 9.92. The molecule has 1 fully saturated rings. The Balaban J connectivity index is 2.25. The predicted molar refractivity (Wildman–Crippen MR) is 63.9 cm³/mol. The monoisotopic (exact) mass is 214 g/mol. The van der Waals surface area contributed by atoms with Crippen LogP contribution in [-0.4, -0.2) is 49.3 Å². The summed E-state index contributed by atoms with van der Waals surface area (Å²) in [6.45, 7) is 8.49. The zero-order valence-electron chi connectivity index (χ0n) is 10.4. The topological polar surface area (TPSA) is 35.5 Å². The fourth-order valence-corrected chi connectivity index (χ4v) is 2.64. The molecule has 15 heavy (non-hydrogen) atoms. The molecule has 90 valence electrons. The van der Waals surface area contributed by atoms with E-state index in [0.717, 1.165) is 24.8 Å². The summed E-state index contributed by atoms with van der Waals surface area (Å²) in [7, 11) is 1.92. The van der Waals surface area contributed by atoms with Crippen molar-refractivity contribution in [3.05, 3.63) is 0 Å². The summed E-state index contributed by atoms with van der Waals surface area (Å²) in [4.78, 5) is 2.54. The Labute approximate surface area is 93.9 Å². The van der Waals surface area contributed by atoms with Gasteiger partial charge in [-0.3, -0.25) is 0 Å². The number of nitrogens with zero attached hydrogens (tertiary/aromatic N) is 1. The van der Waals surface area contributed by atoms with Crippen LogP contribution < -0.4 is 5.32 Å². The lowest BCUT2D eigenvalue weighted by Crippen LogP contribution is -2.41.